The van der Waals surface area contributed by atoms with Gasteiger partial charge in [-0.25, -0.2) is 4.79 Å². The first kappa shape index (κ1) is 14.9. The molecule has 4 nitrogen and oxygen atoms in total. The van der Waals surface area contributed by atoms with E-state index in [9.17, 15) is 4.79 Å². The van der Waals surface area contributed by atoms with Crippen molar-refractivity contribution in [1.82, 2.24) is 0 Å². The zero-order valence-corrected chi connectivity index (χ0v) is 11.7. The van der Waals surface area contributed by atoms with Gasteiger partial charge in [0.15, 0.2) is 0 Å². The Labute approximate surface area is 119 Å². The Morgan fingerprint density at radius 2 is 2.05 bits per heavy atom. The van der Waals surface area contributed by atoms with Crippen molar-refractivity contribution in [2.45, 2.75) is 32.1 Å². The maximum absolute atomic E-state index is 10.8. The maximum atomic E-state index is 10.8. The summed E-state index contributed by atoms with van der Waals surface area (Å²) < 4.78 is 11.2. The fourth-order valence-electron chi connectivity index (χ4n) is 2.50. The number of aromatic carboxylic acids is 1. The molecule has 0 bridgehead atoms. The quantitative estimate of drug-likeness (QED) is 0.741. The van der Waals surface area contributed by atoms with Crippen molar-refractivity contribution in [3.8, 4) is 5.75 Å². The van der Waals surface area contributed by atoms with Gasteiger partial charge in [-0.1, -0.05) is 18.9 Å². The fraction of sp³-hybridized carbons (Fsp3) is 0.562. The van der Waals surface area contributed by atoms with Crippen LogP contribution in [0, 0.1) is 5.92 Å². The predicted octanol–water partition coefficient (Wildman–Crippen LogP) is 3.36. The topological polar surface area (TPSA) is 55.8 Å². The molecule has 1 aromatic rings. The van der Waals surface area contributed by atoms with Gasteiger partial charge in [-0.05, 0) is 37.0 Å². The van der Waals surface area contributed by atoms with Crippen molar-refractivity contribution >= 4 is 5.97 Å². The summed E-state index contributed by atoms with van der Waals surface area (Å²) in [6.45, 7) is 2.12. The molecule has 0 saturated heterocycles. The van der Waals surface area contributed by atoms with Crippen molar-refractivity contribution in [3.63, 3.8) is 0 Å². The summed E-state index contributed by atoms with van der Waals surface area (Å²) >= 11 is 0. The number of carbonyl (C=O) groups is 1. The van der Waals surface area contributed by atoms with Crippen molar-refractivity contribution in [1.29, 1.82) is 0 Å². The van der Waals surface area contributed by atoms with Crippen molar-refractivity contribution < 1.29 is 19.4 Å². The zero-order valence-electron chi connectivity index (χ0n) is 11.7. The average Bonchev–Trinajstić information content (AvgIpc) is 2.96. The molecule has 20 heavy (non-hydrogen) atoms. The van der Waals surface area contributed by atoms with Crippen LogP contribution in [0.15, 0.2) is 24.3 Å². The molecule has 0 unspecified atom stereocenters. The highest BCUT2D eigenvalue weighted by Crippen LogP contribution is 2.24. The second-order valence-corrected chi connectivity index (χ2v) is 5.26. The van der Waals surface area contributed by atoms with E-state index in [-0.39, 0.29) is 5.56 Å². The lowest BCUT2D eigenvalue weighted by molar-refractivity contribution is 0.0696. The van der Waals surface area contributed by atoms with E-state index in [4.69, 9.17) is 14.6 Å². The highest BCUT2D eigenvalue weighted by molar-refractivity contribution is 5.87. The largest absolute Gasteiger partial charge is 0.493 e. The van der Waals surface area contributed by atoms with E-state index in [1.807, 2.05) is 0 Å². The first-order valence-corrected chi connectivity index (χ1v) is 7.29. The zero-order chi connectivity index (χ0) is 14.2. The van der Waals surface area contributed by atoms with E-state index in [2.05, 4.69) is 0 Å². The molecule has 0 aliphatic heterocycles. The summed E-state index contributed by atoms with van der Waals surface area (Å²) in [6.07, 6.45) is 6.12. The molecule has 1 saturated carbocycles. The molecular weight excluding hydrogens is 256 g/mol. The summed E-state index contributed by atoms with van der Waals surface area (Å²) in [4.78, 5) is 10.8. The molecule has 4 heteroatoms. The van der Waals surface area contributed by atoms with Gasteiger partial charge in [0, 0.05) is 19.6 Å². The Kier molecular flexibility index (Phi) is 5.87. The molecule has 0 heterocycles. The number of carboxylic acid groups (broad SMARTS) is 1. The van der Waals surface area contributed by atoms with Crippen molar-refractivity contribution in [2.24, 2.45) is 5.92 Å². The number of benzene rings is 1. The molecule has 110 valence electrons. The summed E-state index contributed by atoms with van der Waals surface area (Å²) in [6, 6.07) is 6.56. The van der Waals surface area contributed by atoms with Gasteiger partial charge in [0.05, 0.1) is 12.2 Å². The van der Waals surface area contributed by atoms with Gasteiger partial charge in [0.25, 0.3) is 0 Å². The molecule has 1 N–H and O–H groups in total. The smallest absolute Gasteiger partial charge is 0.335 e. The molecule has 1 aliphatic carbocycles. The van der Waals surface area contributed by atoms with Crippen LogP contribution in [0.2, 0.25) is 0 Å². The van der Waals surface area contributed by atoms with Gasteiger partial charge in [0.2, 0.25) is 0 Å². The number of hydrogen-bond donors (Lipinski definition) is 1. The van der Waals surface area contributed by atoms with Gasteiger partial charge in [-0.15, -0.1) is 0 Å². The third kappa shape index (κ3) is 4.85. The second-order valence-electron chi connectivity index (χ2n) is 5.26. The van der Waals surface area contributed by atoms with Crippen LogP contribution in [0.3, 0.4) is 0 Å². The lowest BCUT2D eigenvalue weighted by atomic mass is 10.1. The molecule has 0 aromatic heterocycles. The lowest BCUT2D eigenvalue weighted by Crippen LogP contribution is -2.09. The minimum absolute atomic E-state index is 0.250. The minimum atomic E-state index is -0.935. The second kappa shape index (κ2) is 7.90. The molecule has 0 atom stereocenters. The van der Waals surface area contributed by atoms with E-state index in [1.54, 1.807) is 24.3 Å². The van der Waals surface area contributed by atoms with Crippen molar-refractivity contribution in [2.75, 3.05) is 19.8 Å². The van der Waals surface area contributed by atoms with Gasteiger partial charge in [-0.3, -0.25) is 0 Å². The maximum Gasteiger partial charge on any atom is 0.335 e. The summed E-state index contributed by atoms with van der Waals surface area (Å²) in [5.74, 6) is 0.416. The number of ether oxygens (including phenoxy) is 2. The Bertz CT molecular complexity index is 424. The minimum Gasteiger partial charge on any atom is -0.493 e. The van der Waals surface area contributed by atoms with E-state index < -0.39 is 5.97 Å². The molecule has 0 radical (unpaired) electrons. The molecule has 1 aliphatic rings. The van der Waals surface area contributed by atoms with Gasteiger partial charge >= 0.3 is 5.97 Å². The van der Waals surface area contributed by atoms with E-state index in [0.717, 1.165) is 18.9 Å². The first-order valence-electron chi connectivity index (χ1n) is 7.29. The van der Waals surface area contributed by atoms with Crippen LogP contribution in [-0.2, 0) is 4.74 Å². The average molecular weight is 278 g/mol. The number of carboxylic acids is 1. The Morgan fingerprint density at radius 3 is 2.80 bits per heavy atom. The first-order chi connectivity index (χ1) is 9.75. The van der Waals surface area contributed by atoms with E-state index >= 15 is 0 Å². The summed E-state index contributed by atoms with van der Waals surface area (Å²) in [5.41, 5.74) is 0.250. The SMILES string of the molecule is O=C(O)c1cccc(OCCCOCC2CCCC2)c1. The fourth-order valence-corrected chi connectivity index (χ4v) is 2.50. The Morgan fingerprint density at radius 1 is 1.25 bits per heavy atom. The molecule has 2 rings (SSSR count). The van der Waals surface area contributed by atoms with Crippen LogP contribution in [0.25, 0.3) is 0 Å². The third-order valence-electron chi connectivity index (χ3n) is 3.61. The van der Waals surface area contributed by atoms with E-state index in [1.165, 1.54) is 25.7 Å². The van der Waals surface area contributed by atoms with E-state index in [0.29, 0.717) is 19.0 Å². The van der Waals surface area contributed by atoms with Gasteiger partial charge in [0.1, 0.15) is 5.75 Å². The van der Waals surface area contributed by atoms with Crippen LogP contribution >= 0.6 is 0 Å². The van der Waals surface area contributed by atoms with Gasteiger partial charge in [-0.2, -0.15) is 0 Å². The summed E-state index contributed by atoms with van der Waals surface area (Å²) in [5, 5.41) is 8.88. The monoisotopic (exact) mass is 278 g/mol. The molecule has 0 amide bonds. The van der Waals surface area contributed by atoms with Gasteiger partial charge < -0.3 is 14.6 Å². The van der Waals surface area contributed by atoms with Crippen LogP contribution in [0.4, 0.5) is 0 Å². The van der Waals surface area contributed by atoms with Crippen molar-refractivity contribution in [3.05, 3.63) is 29.8 Å². The Hall–Kier alpha value is -1.55. The van der Waals surface area contributed by atoms with Crippen LogP contribution in [-0.4, -0.2) is 30.9 Å². The lowest BCUT2D eigenvalue weighted by Gasteiger charge is -2.10. The standard InChI is InChI=1S/C16H22O4/c17-16(18)14-7-3-8-15(11-14)20-10-4-9-19-12-13-5-1-2-6-13/h3,7-8,11,13H,1-2,4-6,9-10,12H2,(H,17,18). The molecule has 1 aromatic carbocycles. The summed E-state index contributed by atoms with van der Waals surface area (Å²) in [7, 11) is 0. The normalized spacial score (nSPS) is 15.4. The highest BCUT2D eigenvalue weighted by atomic mass is 16.5. The molecule has 0 spiro atoms. The highest BCUT2D eigenvalue weighted by Gasteiger charge is 2.14. The van der Waals surface area contributed by atoms with Crippen LogP contribution in [0.5, 0.6) is 5.75 Å². The number of rotatable bonds is 8. The number of hydrogen-bond acceptors (Lipinski definition) is 3. The Balaban J connectivity index is 1.58. The third-order valence-corrected chi connectivity index (χ3v) is 3.61. The molecule has 1 fully saturated rings. The van der Waals surface area contributed by atoms with Crippen LogP contribution in [0.1, 0.15) is 42.5 Å². The molecular formula is C16H22O4. The van der Waals surface area contributed by atoms with Crippen LogP contribution < -0.4 is 4.74 Å². The predicted molar refractivity (Wildman–Crippen MR) is 76.3 cm³/mol.